The molecule has 4 nitrogen and oxygen atoms in total. The minimum Gasteiger partial charge on any atom is -0.477 e. The first kappa shape index (κ1) is 12.1. The fourth-order valence-corrected chi connectivity index (χ4v) is 2.88. The average Bonchev–Trinajstić information content (AvgIpc) is 2.79. The van der Waals surface area contributed by atoms with Gasteiger partial charge in [0, 0.05) is 5.38 Å². The van der Waals surface area contributed by atoms with E-state index in [0.29, 0.717) is 12.0 Å². The van der Waals surface area contributed by atoms with E-state index in [4.69, 9.17) is 0 Å². The van der Waals surface area contributed by atoms with Crippen molar-refractivity contribution in [3.05, 3.63) is 27.5 Å². The molecule has 2 aromatic heterocycles. The smallest absolute Gasteiger partial charge is 0.351 e. The van der Waals surface area contributed by atoms with Gasteiger partial charge in [0.05, 0.1) is 6.54 Å². The van der Waals surface area contributed by atoms with Crippen LogP contribution in [-0.2, 0) is 13.0 Å². The standard InChI is InChI=1S/C12H16N2O2S/c1-3-5-9-10(15)13(6-4-2)12-14(11(9)16)7-8-17-12/h7-8H,3-6H2,1-2H3/p+1. The van der Waals surface area contributed by atoms with Gasteiger partial charge in [-0.25, -0.2) is 4.79 Å². The number of thiazole rings is 1. The van der Waals surface area contributed by atoms with Gasteiger partial charge in [-0.1, -0.05) is 31.6 Å². The second-order valence-corrected chi connectivity index (χ2v) is 4.94. The summed E-state index contributed by atoms with van der Waals surface area (Å²) in [7, 11) is 0. The lowest BCUT2D eigenvalue weighted by molar-refractivity contribution is -0.679. The minimum atomic E-state index is -0.0899. The van der Waals surface area contributed by atoms with Crippen molar-refractivity contribution in [1.82, 2.24) is 4.40 Å². The lowest BCUT2D eigenvalue weighted by Crippen LogP contribution is -2.40. The third kappa shape index (κ3) is 1.95. The zero-order chi connectivity index (χ0) is 12.4. The van der Waals surface area contributed by atoms with E-state index in [9.17, 15) is 9.90 Å². The van der Waals surface area contributed by atoms with Crippen LogP contribution in [0.1, 0.15) is 32.3 Å². The molecule has 2 aromatic rings. The molecule has 17 heavy (non-hydrogen) atoms. The van der Waals surface area contributed by atoms with E-state index in [-0.39, 0.29) is 11.4 Å². The van der Waals surface area contributed by atoms with E-state index in [1.165, 1.54) is 11.3 Å². The number of rotatable bonds is 4. The molecule has 0 saturated carbocycles. The number of hydrogen-bond acceptors (Lipinski definition) is 3. The molecule has 0 atom stereocenters. The van der Waals surface area contributed by atoms with Crippen LogP contribution in [-0.4, -0.2) is 9.51 Å². The number of aromatic hydroxyl groups is 1. The Kier molecular flexibility index (Phi) is 3.47. The largest absolute Gasteiger partial charge is 0.477 e. The number of aromatic nitrogens is 2. The maximum Gasteiger partial charge on any atom is 0.351 e. The van der Waals surface area contributed by atoms with Crippen molar-refractivity contribution < 1.29 is 9.67 Å². The first-order valence-corrected chi connectivity index (χ1v) is 6.82. The van der Waals surface area contributed by atoms with Crippen molar-refractivity contribution in [2.24, 2.45) is 0 Å². The summed E-state index contributed by atoms with van der Waals surface area (Å²) in [6.45, 7) is 4.79. The molecule has 0 amide bonds. The van der Waals surface area contributed by atoms with Gasteiger partial charge in [-0.2, -0.15) is 8.97 Å². The molecule has 5 heteroatoms. The van der Waals surface area contributed by atoms with Gasteiger partial charge in [0.15, 0.2) is 0 Å². The molecular formula is C12H17N2O2S+. The van der Waals surface area contributed by atoms with E-state index in [1.807, 2.05) is 16.9 Å². The van der Waals surface area contributed by atoms with Crippen molar-refractivity contribution in [3.63, 3.8) is 0 Å². The lowest BCUT2D eigenvalue weighted by Gasteiger charge is -2.05. The highest BCUT2D eigenvalue weighted by Gasteiger charge is 2.23. The summed E-state index contributed by atoms with van der Waals surface area (Å²) in [5.74, 6) is 0.140. The Labute approximate surface area is 104 Å². The highest BCUT2D eigenvalue weighted by atomic mass is 32.1. The molecule has 0 radical (unpaired) electrons. The monoisotopic (exact) mass is 253 g/mol. The zero-order valence-corrected chi connectivity index (χ0v) is 11.0. The van der Waals surface area contributed by atoms with Gasteiger partial charge < -0.3 is 5.11 Å². The van der Waals surface area contributed by atoms with Gasteiger partial charge in [-0.05, 0) is 12.8 Å². The van der Waals surface area contributed by atoms with Crippen molar-refractivity contribution in [2.45, 2.75) is 39.7 Å². The van der Waals surface area contributed by atoms with Crippen LogP contribution in [0.3, 0.4) is 0 Å². The first-order valence-electron chi connectivity index (χ1n) is 5.94. The summed E-state index contributed by atoms with van der Waals surface area (Å²) in [5, 5.41) is 12.1. The molecule has 92 valence electrons. The topological polar surface area (TPSA) is 45.6 Å². The fraction of sp³-hybridized carbons (Fsp3) is 0.500. The number of nitrogens with zero attached hydrogens (tertiary/aromatic N) is 2. The second-order valence-electron chi connectivity index (χ2n) is 4.06. The summed E-state index contributed by atoms with van der Waals surface area (Å²) in [4.78, 5) is 13.0. The van der Waals surface area contributed by atoms with Gasteiger partial charge in [0.1, 0.15) is 11.8 Å². The average molecular weight is 253 g/mol. The Hall–Kier alpha value is -1.36. The predicted octanol–water partition coefficient (Wildman–Crippen LogP) is 1.72. The molecule has 0 aromatic carbocycles. The Morgan fingerprint density at radius 1 is 1.41 bits per heavy atom. The molecule has 0 unspecified atom stereocenters. The Balaban J connectivity index is 2.77. The third-order valence-electron chi connectivity index (χ3n) is 2.77. The Bertz CT molecular complexity index is 586. The number of fused-ring (bicyclic) bond motifs is 1. The van der Waals surface area contributed by atoms with Gasteiger partial charge in [-0.3, -0.25) is 0 Å². The number of aryl methyl sites for hydroxylation is 1. The van der Waals surface area contributed by atoms with Gasteiger partial charge in [0.25, 0.3) is 5.88 Å². The van der Waals surface area contributed by atoms with E-state index < -0.39 is 0 Å². The number of hydrogen-bond donors (Lipinski definition) is 1. The van der Waals surface area contributed by atoms with E-state index in [0.717, 1.165) is 24.3 Å². The molecule has 0 fully saturated rings. The van der Waals surface area contributed by atoms with Crippen LogP contribution in [0.5, 0.6) is 5.88 Å². The van der Waals surface area contributed by atoms with Crippen LogP contribution >= 0.6 is 11.3 Å². The normalized spacial score (nSPS) is 11.2. The molecule has 0 bridgehead atoms. The summed E-state index contributed by atoms with van der Waals surface area (Å²) < 4.78 is 3.46. The van der Waals surface area contributed by atoms with Crippen LogP contribution < -0.4 is 10.1 Å². The van der Waals surface area contributed by atoms with Crippen LogP contribution in [0.4, 0.5) is 0 Å². The zero-order valence-electron chi connectivity index (χ0n) is 10.1. The summed E-state index contributed by atoms with van der Waals surface area (Å²) in [6.07, 6.45) is 4.17. The Morgan fingerprint density at radius 3 is 2.82 bits per heavy atom. The molecule has 2 rings (SSSR count). The minimum absolute atomic E-state index is 0.0899. The van der Waals surface area contributed by atoms with E-state index in [1.54, 1.807) is 10.6 Å². The van der Waals surface area contributed by atoms with Crippen molar-refractivity contribution in [3.8, 4) is 5.88 Å². The SMILES string of the molecule is CCCc1c(O)[n+](CCC)c2sccn2c1=O. The van der Waals surface area contributed by atoms with Crippen molar-refractivity contribution >= 4 is 16.3 Å². The van der Waals surface area contributed by atoms with Crippen LogP contribution in [0, 0.1) is 0 Å². The molecule has 2 heterocycles. The fourth-order valence-electron chi connectivity index (χ4n) is 2.01. The third-order valence-corrected chi connectivity index (χ3v) is 3.66. The molecule has 0 aliphatic rings. The molecule has 0 aliphatic carbocycles. The van der Waals surface area contributed by atoms with Crippen molar-refractivity contribution in [1.29, 1.82) is 0 Å². The quantitative estimate of drug-likeness (QED) is 0.843. The van der Waals surface area contributed by atoms with Crippen LogP contribution in [0.25, 0.3) is 4.96 Å². The Morgan fingerprint density at radius 2 is 2.18 bits per heavy atom. The van der Waals surface area contributed by atoms with Gasteiger partial charge in [0.2, 0.25) is 0 Å². The lowest BCUT2D eigenvalue weighted by atomic mass is 10.2. The van der Waals surface area contributed by atoms with Gasteiger partial charge >= 0.3 is 10.5 Å². The van der Waals surface area contributed by atoms with Crippen molar-refractivity contribution in [2.75, 3.05) is 0 Å². The molecule has 0 spiro atoms. The molecular weight excluding hydrogens is 236 g/mol. The molecule has 1 N–H and O–H groups in total. The summed E-state index contributed by atoms with van der Waals surface area (Å²) in [5.41, 5.74) is 0.435. The maximum atomic E-state index is 12.2. The van der Waals surface area contributed by atoms with E-state index in [2.05, 4.69) is 6.92 Å². The highest BCUT2D eigenvalue weighted by Crippen LogP contribution is 2.14. The predicted molar refractivity (Wildman–Crippen MR) is 67.7 cm³/mol. The highest BCUT2D eigenvalue weighted by molar-refractivity contribution is 7.14. The van der Waals surface area contributed by atoms with Crippen LogP contribution in [0.15, 0.2) is 16.4 Å². The van der Waals surface area contributed by atoms with Gasteiger partial charge in [-0.15, -0.1) is 0 Å². The molecule has 0 aliphatic heterocycles. The van der Waals surface area contributed by atoms with E-state index >= 15 is 0 Å². The van der Waals surface area contributed by atoms with Crippen LogP contribution in [0.2, 0.25) is 0 Å². The second kappa shape index (κ2) is 4.87. The molecule has 0 saturated heterocycles. The maximum absolute atomic E-state index is 12.2. The first-order chi connectivity index (χ1) is 8.20. The summed E-state index contributed by atoms with van der Waals surface area (Å²) >= 11 is 1.47. The summed E-state index contributed by atoms with van der Waals surface area (Å²) in [6, 6.07) is 0.